The lowest BCUT2D eigenvalue weighted by molar-refractivity contribution is -0.122. The minimum absolute atomic E-state index is 0.194. The summed E-state index contributed by atoms with van der Waals surface area (Å²) in [7, 11) is 0. The van der Waals surface area contributed by atoms with E-state index in [9.17, 15) is 4.79 Å². The van der Waals surface area contributed by atoms with Crippen LogP contribution in [0, 0.1) is 5.92 Å². The van der Waals surface area contributed by atoms with Crippen molar-refractivity contribution in [2.75, 3.05) is 39.4 Å². The summed E-state index contributed by atoms with van der Waals surface area (Å²) >= 11 is 0. The summed E-state index contributed by atoms with van der Waals surface area (Å²) in [5, 5.41) is 3.06. The van der Waals surface area contributed by atoms with E-state index in [0.29, 0.717) is 12.5 Å². The molecule has 2 fully saturated rings. The van der Waals surface area contributed by atoms with E-state index in [1.807, 2.05) is 0 Å². The largest absolute Gasteiger partial charge is 0.381 e. The predicted octanol–water partition coefficient (Wildman–Crippen LogP) is 1.80. The summed E-state index contributed by atoms with van der Waals surface area (Å²) in [4.78, 5) is 14.2. The van der Waals surface area contributed by atoms with E-state index in [4.69, 9.17) is 4.74 Å². The molecule has 0 spiro atoms. The lowest BCUT2D eigenvalue weighted by Gasteiger charge is -2.23. The SMILES string of the molecule is O=C(CN1CCCCCCC1)NCC[C@H]1CCOC1. The van der Waals surface area contributed by atoms with Gasteiger partial charge in [-0.15, -0.1) is 0 Å². The van der Waals surface area contributed by atoms with Crippen LogP contribution in [0.3, 0.4) is 0 Å². The first-order valence-electron chi connectivity index (χ1n) is 7.91. The van der Waals surface area contributed by atoms with Crippen molar-refractivity contribution in [1.29, 1.82) is 0 Å². The Kier molecular flexibility index (Phi) is 6.65. The molecule has 0 aromatic carbocycles. The zero-order valence-electron chi connectivity index (χ0n) is 12.0. The molecule has 0 aromatic rings. The average Bonchev–Trinajstić information content (AvgIpc) is 2.85. The van der Waals surface area contributed by atoms with Crippen LogP contribution in [0.2, 0.25) is 0 Å². The molecule has 2 aliphatic heterocycles. The van der Waals surface area contributed by atoms with Crippen LogP contribution in [0.5, 0.6) is 0 Å². The summed E-state index contributed by atoms with van der Waals surface area (Å²) in [6.07, 6.45) is 8.70. The molecule has 0 radical (unpaired) electrons. The fourth-order valence-electron chi connectivity index (χ4n) is 2.96. The average molecular weight is 268 g/mol. The second kappa shape index (κ2) is 8.54. The minimum atomic E-state index is 0.194. The molecule has 2 saturated heterocycles. The number of amides is 1. The van der Waals surface area contributed by atoms with Crippen molar-refractivity contribution in [2.24, 2.45) is 5.92 Å². The van der Waals surface area contributed by atoms with E-state index in [0.717, 1.165) is 45.7 Å². The second-order valence-electron chi connectivity index (χ2n) is 5.91. The van der Waals surface area contributed by atoms with Gasteiger partial charge >= 0.3 is 0 Å². The van der Waals surface area contributed by atoms with Crippen LogP contribution in [0.4, 0.5) is 0 Å². The molecule has 0 unspecified atom stereocenters. The molecule has 4 nitrogen and oxygen atoms in total. The fourth-order valence-corrected chi connectivity index (χ4v) is 2.96. The summed E-state index contributed by atoms with van der Waals surface area (Å²) in [6.45, 7) is 5.34. The molecule has 1 N–H and O–H groups in total. The number of ether oxygens (including phenoxy) is 1. The second-order valence-corrected chi connectivity index (χ2v) is 5.91. The molecule has 0 saturated carbocycles. The Hall–Kier alpha value is -0.610. The monoisotopic (exact) mass is 268 g/mol. The molecule has 2 aliphatic rings. The van der Waals surface area contributed by atoms with Crippen molar-refractivity contribution >= 4 is 5.91 Å². The van der Waals surface area contributed by atoms with Gasteiger partial charge in [0.25, 0.3) is 0 Å². The molecule has 0 aliphatic carbocycles. The number of hydrogen-bond acceptors (Lipinski definition) is 3. The van der Waals surface area contributed by atoms with Crippen molar-refractivity contribution in [2.45, 2.75) is 44.9 Å². The predicted molar refractivity (Wildman–Crippen MR) is 76.1 cm³/mol. The maximum absolute atomic E-state index is 11.9. The Labute approximate surface area is 116 Å². The molecular formula is C15H28N2O2. The van der Waals surface area contributed by atoms with Gasteiger partial charge in [-0.1, -0.05) is 19.3 Å². The summed E-state index contributed by atoms with van der Waals surface area (Å²) < 4.78 is 5.34. The van der Waals surface area contributed by atoms with Crippen LogP contribution in [-0.2, 0) is 9.53 Å². The zero-order chi connectivity index (χ0) is 13.3. The zero-order valence-corrected chi connectivity index (χ0v) is 12.0. The highest BCUT2D eigenvalue weighted by atomic mass is 16.5. The smallest absolute Gasteiger partial charge is 0.234 e. The van der Waals surface area contributed by atoms with E-state index in [1.54, 1.807) is 0 Å². The maximum Gasteiger partial charge on any atom is 0.234 e. The minimum Gasteiger partial charge on any atom is -0.381 e. The van der Waals surface area contributed by atoms with Gasteiger partial charge in [-0.3, -0.25) is 9.69 Å². The third kappa shape index (κ3) is 5.91. The van der Waals surface area contributed by atoms with Gasteiger partial charge in [0.15, 0.2) is 0 Å². The lowest BCUT2D eigenvalue weighted by Crippen LogP contribution is -2.39. The standard InChI is InChI=1S/C15H28N2O2/c18-15(16-8-6-14-7-11-19-13-14)12-17-9-4-2-1-3-5-10-17/h14H,1-13H2,(H,16,18)/t14-/m0/s1. The third-order valence-corrected chi connectivity index (χ3v) is 4.21. The van der Waals surface area contributed by atoms with Gasteiger partial charge < -0.3 is 10.1 Å². The molecule has 110 valence electrons. The molecule has 19 heavy (non-hydrogen) atoms. The number of likely N-dealkylation sites (tertiary alicyclic amines) is 1. The number of carbonyl (C=O) groups is 1. The van der Waals surface area contributed by atoms with Crippen LogP contribution in [0.15, 0.2) is 0 Å². The van der Waals surface area contributed by atoms with Crippen LogP contribution >= 0.6 is 0 Å². The van der Waals surface area contributed by atoms with Gasteiger partial charge in [-0.25, -0.2) is 0 Å². The highest BCUT2D eigenvalue weighted by Gasteiger charge is 2.16. The Balaban J connectivity index is 1.56. The van der Waals surface area contributed by atoms with E-state index in [-0.39, 0.29) is 5.91 Å². The molecule has 2 rings (SSSR count). The van der Waals surface area contributed by atoms with E-state index in [2.05, 4.69) is 10.2 Å². The first kappa shape index (κ1) is 14.8. The van der Waals surface area contributed by atoms with Gasteiger partial charge in [0.2, 0.25) is 5.91 Å². The topological polar surface area (TPSA) is 41.6 Å². The van der Waals surface area contributed by atoms with Crippen LogP contribution in [0.1, 0.15) is 44.9 Å². The number of rotatable bonds is 5. The maximum atomic E-state index is 11.9. The summed E-state index contributed by atoms with van der Waals surface area (Å²) in [5.41, 5.74) is 0. The van der Waals surface area contributed by atoms with Crippen LogP contribution in [0.25, 0.3) is 0 Å². The molecule has 1 atom stereocenters. The number of carbonyl (C=O) groups excluding carboxylic acids is 1. The normalized spacial score (nSPS) is 25.8. The quantitative estimate of drug-likeness (QED) is 0.826. The Morgan fingerprint density at radius 3 is 2.58 bits per heavy atom. The van der Waals surface area contributed by atoms with Crippen LogP contribution < -0.4 is 5.32 Å². The Morgan fingerprint density at radius 2 is 1.89 bits per heavy atom. The van der Waals surface area contributed by atoms with Crippen molar-refractivity contribution in [3.63, 3.8) is 0 Å². The van der Waals surface area contributed by atoms with E-state index >= 15 is 0 Å². The molecule has 0 bridgehead atoms. The molecule has 1 amide bonds. The fraction of sp³-hybridized carbons (Fsp3) is 0.933. The van der Waals surface area contributed by atoms with Crippen molar-refractivity contribution in [3.05, 3.63) is 0 Å². The first-order chi connectivity index (χ1) is 9.34. The molecular weight excluding hydrogens is 240 g/mol. The highest BCUT2D eigenvalue weighted by molar-refractivity contribution is 5.77. The molecule has 0 aromatic heterocycles. The van der Waals surface area contributed by atoms with E-state index < -0.39 is 0 Å². The first-order valence-corrected chi connectivity index (χ1v) is 7.91. The molecule has 2 heterocycles. The van der Waals surface area contributed by atoms with Crippen LogP contribution in [-0.4, -0.2) is 50.2 Å². The van der Waals surface area contributed by atoms with Gasteiger partial charge in [-0.05, 0) is 44.7 Å². The number of hydrogen-bond donors (Lipinski definition) is 1. The summed E-state index contributed by atoms with van der Waals surface area (Å²) in [5.74, 6) is 0.849. The number of nitrogens with zero attached hydrogens (tertiary/aromatic N) is 1. The molecule has 4 heteroatoms. The Morgan fingerprint density at radius 1 is 1.16 bits per heavy atom. The van der Waals surface area contributed by atoms with Gasteiger partial charge in [0, 0.05) is 19.8 Å². The highest BCUT2D eigenvalue weighted by Crippen LogP contribution is 2.15. The van der Waals surface area contributed by atoms with Gasteiger partial charge in [0.1, 0.15) is 0 Å². The summed E-state index contributed by atoms with van der Waals surface area (Å²) in [6, 6.07) is 0. The lowest BCUT2D eigenvalue weighted by atomic mass is 10.1. The van der Waals surface area contributed by atoms with E-state index in [1.165, 1.54) is 32.1 Å². The van der Waals surface area contributed by atoms with Crippen molar-refractivity contribution in [1.82, 2.24) is 10.2 Å². The van der Waals surface area contributed by atoms with Gasteiger partial charge in [-0.2, -0.15) is 0 Å². The number of nitrogens with one attached hydrogen (secondary N) is 1. The van der Waals surface area contributed by atoms with Crippen molar-refractivity contribution < 1.29 is 9.53 Å². The van der Waals surface area contributed by atoms with Crippen molar-refractivity contribution in [3.8, 4) is 0 Å². The third-order valence-electron chi connectivity index (χ3n) is 4.21. The van der Waals surface area contributed by atoms with Gasteiger partial charge in [0.05, 0.1) is 6.54 Å². The Bertz CT molecular complexity index is 257.